The largest absolute Gasteiger partial charge is 0.433 e. The second-order valence-corrected chi connectivity index (χ2v) is 4.73. The molecule has 8 heteroatoms. The van der Waals surface area contributed by atoms with Crippen molar-refractivity contribution in [3.8, 4) is 0 Å². The van der Waals surface area contributed by atoms with Gasteiger partial charge in [0.15, 0.2) is 0 Å². The van der Waals surface area contributed by atoms with Gasteiger partial charge in [-0.15, -0.1) is 0 Å². The molecule has 0 aromatic carbocycles. The zero-order valence-electron chi connectivity index (χ0n) is 10.9. The minimum absolute atomic E-state index is 0.154. The van der Waals surface area contributed by atoms with Gasteiger partial charge in [0.05, 0.1) is 6.04 Å². The Balaban J connectivity index is 2.28. The average molecular weight is 299 g/mol. The smallest absolute Gasteiger partial charge is 0.365 e. The number of hydrogen-bond acceptors (Lipinski definition) is 3. The standard InChI is InChI=1S/C13H12F3N3O2/c1-6-4-8(11(17)20)12(21)19-10(6)7-2-3-9(18-5-7)13(14,15)16/h2-6,10H,1H3,(H2,17,20)(H,19,21). The highest BCUT2D eigenvalue weighted by atomic mass is 19.4. The minimum Gasteiger partial charge on any atom is -0.365 e. The van der Waals surface area contributed by atoms with E-state index in [-0.39, 0.29) is 11.5 Å². The number of aromatic nitrogens is 1. The number of primary amides is 1. The van der Waals surface area contributed by atoms with Gasteiger partial charge >= 0.3 is 6.18 Å². The van der Waals surface area contributed by atoms with Gasteiger partial charge in [-0.1, -0.05) is 19.1 Å². The molecule has 21 heavy (non-hydrogen) atoms. The van der Waals surface area contributed by atoms with Crippen LogP contribution in [-0.4, -0.2) is 16.8 Å². The van der Waals surface area contributed by atoms with Crippen LogP contribution in [0.15, 0.2) is 30.0 Å². The van der Waals surface area contributed by atoms with Gasteiger partial charge < -0.3 is 11.1 Å². The summed E-state index contributed by atoms with van der Waals surface area (Å²) >= 11 is 0. The first-order chi connectivity index (χ1) is 9.70. The molecule has 1 aromatic heterocycles. The van der Waals surface area contributed by atoms with Gasteiger partial charge in [-0.05, 0) is 17.5 Å². The number of nitrogens with one attached hydrogen (secondary N) is 1. The third kappa shape index (κ3) is 3.04. The van der Waals surface area contributed by atoms with Gasteiger partial charge in [0, 0.05) is 6.20 Å². The van der Waals surface area contributed by atoms with Crippen LogP contribution in [0.3, 0.4) is 0 Å². The molecule has 5 nitrogen and oxygen atoms in total. The highest BCUT2D eigenvalue weighted by Gasteiger charge is 2.34. The van der Waals surface area contributed by atoms with Crippen molar-refractivity contribution in [2.45, 2.75) is 19.1 Å². The van der Waals surface area contributed by atoms with Crippen LogP contribution in [0.4, 0.5) is 13.2 Å². The Bertz CT molecular complexity index is 608. The molecule has 3 N–H and O–H groups in total. The molecule has 1 aromatic rings. The molecule has 0 fully saturated rings. The number of rotatable bonds is 2. The van der Waals surface area contributed by atoms with E-state index in [1.807, 2.05) is 0 Å². The Morgan fingerprint density at radius 3 is 2.52 bits per heavy atom. The minimum atomic E-state index is -4.51. The summed E-state index contributed by atoms with van der Waals surface area (Å²) in [5.41, 5.74) is 4.33. The van der Waals surface area contributed by atoms with Gasteiger partial charge in [0.2, 0.25) is 0 Å². The van der Waals surface area contributed by atoms with Crippen molar-refractivity contribution in [2.24, 2.45) is 11.7 Å². The molecular formula is C13H12F3N3O2. The summed E-state index contributed by atoms with van der Waals surface area (Å²) in [7, 11) is 0. The van der Waals surface area contributed by atoms with Crippen LogP contribution in [0.2, 0.25) is 0 Å². The van der Waals surface area contributed by atoms with Crippen molar-refractivity contribution in [1.29, 1.82) is 0 Å². The first-order valence-corrected chi connectivity index (χ1v) is 6.06. The maximum absolute atomic E-state index is 12.4. The molecule has 1 aliphatic heterocycles. The van der Waals surface area contributed by atoms with E-state index in [0.29, 0.717) is 5.56 Å². The van der Waals surface area contributed by atoms with Crippen molar-refractivity contribution in [3.05, 3.63) is 41.2 Å². The number of carbonyl (C=O) groups excluding carboxylic acids is 2. The lowest BCUT2D eigenvalue weighted by atomic mass is 9.89. The molecule has 112 valence electrons. The number of hydrogen-bond donors (Lipinski definition) is 2. The topological polar surface area (TPSA) is 85.1 Å². The van der Waals surface area contributed by atoms with Gasteiger partial charge in [0.1, 0.15) is 11.3 Å². The fourth-order valence-corrected chi connectivity index (χ4v) is 2.12. The van der Waals surface area contributed by atoms with E-state index < -0.39 is 29.7 Å². The van der Waals surface area contributed by atoms with E-state index in [2.05, 4.69) is 10.3 Å². The van der Waals surface area contributed by atoms with Gasteiger partial charge in [-0.25, -0.2) is 0 Å². The van der Waals surface area contributed by atoms with Crippen molar-refractivity contribution < 1.29 is 22.8 Å². The zero-order chi connectivity index (χ0) is 15.8. The lowest BCUT2D eigenvalue weighted by molar-refractivity contribution is -0.141. The molecule has 2 heterocycles. The van der Waals surface area contributed by atoms with Crippen LogP contribution in [0.5, 0.6) is 0 Å². The lowest BCUT2D eigenvalue weighted by Crippen LogP contribution is -2.40. The third-order valence-electron chi connectivity index (χ3n) is 3.19. The quantitative estimate of drug-likeness (QED) is 0.808. The Hall–Kier alpha value is -2.38. The van der Waals surface area contributed by atoms with Gasteiger partial charge in [-0.2, -0.15) is 13.2 Å². The molecule has 2 rings (SSSR count). The average Bonchev–Trinajstić information content (AvgIpc) is 2.40. The molecule has 2 amide bonds. The molecule has 0 aliphatic carbocycles. The lowest BCUT2D eigenvalue weighted by Gasteiger charge is -2.28. The summed E-state index contributed by atoms with van der Waals surface area (Å²) < 4.78 is 37.3. The van der Waals surface area contributed by atoms with Crippen molar-refractivity contribution in [3.63, 3.8) is 0 Å². The second-order valence-electron chi connectivity index (χ2n) is 4.73. The summed E-state index contributed by atoms with van der Waals surface area (Å²) in [5.74, 6) is -1.79. The van der Waals surface area contributed by atoms with Gasteiger partial charge in [0.25, 0.3) is 11.8 Å². The predicted molar refractivity (Wildman–Crippen MR) is 66.6 cm³/mol. The van der Waals surface area contributed by atoms with Crippen LogP contribution in [0, 0.1) is 5.92 Å². The van der Waals surface area contributed by atoms with Crippen LogP contribution in [0.25, 0.3) is 0 Å². The Labute approximate surface area is 118 Å². The fourth-order valence-electron chi connectivity index (χ4n) is 2.12. The molecule has 0 spiro atoms. The SMILES string of the molecule is CC1C=C(C(N)=O)C(=O)NC1c1ccc(C(F)(F)F)nc1. The molecular weight excluding hydrogens is 287 g/mol. The summed E-state index contributed by atoms with van der Waals surface area (Å²) in [6, 6.07) is 1.54. The predicted octanol–water partition coefficient (Wildman–Crippen LogP) is 1.32. The van der Waals surface area contributed by atoms with Crippen molar-refractivity contribution >= 4 is 11.8 Å². The number of halogens is 3. The Morgan fingerprint density at radius 1 is 1.38 bits per heavy atom. The normalized spacial score (nSPS) is 22.5. The maximum Gasteiger partial charge on any atom is 0.433 e. The van der Waals surface area contributed by atoms with E-state index in [4.69, 9.17) is 5.73 Å². The Morgan fingerprint density at radius 2 is 2.05 bits per heavy atom. The first kappa shape index (κ1) is 15.0. The van der Waals surface area contributed by atoms with E-state index in [1.54, 1.807) is 6.92 Å². The fraction of sp³-hybridized carbons (Fsp3) is 0.308. The molecule has 2 unspecified atom stereocenters. The van der Waals surface area contributed by atoms with Crippen LogP contribution < -0.4 is 11.1 Å². The monoisotopic (exact) mass is 299 g/mol. The number of nitrogens with two attached hydrogens (primary N) is 1. The Kier molecular flexibility index (Phi) is 3.71. The molecule has 1 aliphatic rings. The highest BCUT2D eigenvalue weighted by Crippen LogP contribution is 2.31. The molecule has 0 saturated carbocycles. The number of pyridine rings is 1. The summed E-state index contributed by atoms with van der Waals surface area (Å²) in [6.07, 6.45) is -2.05. The van der Waals surface area contributed by atoms with Gasteiger partial charge in [-0.3, -0.25) is 14.6 Å². The molecule has 2 atom stereocenters. The van der Waals surface area contributed by atoms with Crippen LogP contribution in [0.1, 0.15) is 24.2 Å². The van der Waals surface area contributed by atoms with Crippen molar-refractivity contribution in [2.75, 3.05) is 0 Å². The highest BCUT2D eigenvalue weighted by molar-refractivity contribution is 6.18. The van der Waals surface area contributed by atoms with Crippen molar-refractivity contribution in [1.82, 2.24) is 10.3 Å². The number of carbonyl (C=O) groups is 2. The second kappa shape index (κ2) is 5.19. The van der Waals surface area contributed by atoms with E-state index in [9.17, 15) is 22.8 Å². The summed E-state index contributed by atoms with van der Waals surface area (Å²) in [6.45, 7) is 1.71. The molecule has 0 saturated heterocycles. The first-order valence-electron chi connectivity index (χ1n) is 6.06. The summed E-state index contributed by atoms with van der Waals surface area (Å²) in [4.78, 5) is 26.1. The summed E-state index contributed by atoms with van der Waals surface area (Å²) in [5, 5.41) is 2.54. The number of amides is 2. The third-order valence-corrected chi connectivity index (χ3v) is 3.19. The van der Waals surface area contributed by atoms with E-state index in [0.717, 1.165) is 12.3 Å². The van der Waals surface area contributed by atoms with Crippen LogP contribution in [-0.2, 0) is 15.8 Å². The van der Waals surface area contributed by atoms with E-state index >= 15 is 0 Å². The molecule has 0 bridgehead atoms. The number of alkyl halides is 3. The zero-order valence-corrected chi connectivity index (χ0v) is 10.9. The molecule has 0 radical (unpaired) electrons. The van der Waals surface area contributed by atoms with Crippen LogP contribution >= 0.6 is 0 Å². The number of nitrogens with zero attached hydrogens (tertiary/aromatic N) is 1. The van der Waals surface area contributed by atoms with E-state index in [1.165, 1.54) is 12.1 Å². The maximum atomic E-state index is 12.4.